The number of hydrogen-bond acceptors (Lipinski definition) is 13. The molecule has 3 aliphatic carbocycles. The quantitative estimate of drug-likeness (QED) is 0.153. The Morgan fingerprint density at radius 2 is 1.62 bits per heavy atom. The van der Waals surface area contributed by atoms with Gasteiger partial charge >= 0.3 is 26.7 Å². The molecule has 5 rings (SSSR count). The molecule has 14 heteroatoms. The summed E-state index contributed by atoms with van der Waals surface area (Å²) in [6, 6.07) is 8.17. The maximum atomic E-state index is 15.8. The maximum Gasteiger partial charge on any atom is 0.508 e. The van der Waals surface area contributed by atoms with Crippen LogP contribution in [0.4, 0.5) is 4.79 Å². The van der Waals surface area contributed by atoms with Crippen LogP contribution in [0.1, 0.15) is 85.5 Å². The van der Waals surface area contributed by atoms with Gasteiger partial charge in [-0.3, -0.25) is 9.59 Å². The van der Waals surface area contributed by atoms with Crippen LogP contribution in [0.3, 0.4) is 0 Å². The summed E-state index contributed by atoms with van der Waals surface area (Å²) in [6.45, 7) is 15.5. The van der Waals surface area contributed by atoms with Gasteiger partial charge in [0.1, 0.15) is 17.8 Å². The van der Waals surface area contributed by atoms with E-state index in [0.29, 0.717) is 5.57 Å². The molecule has 288 valence electrons. The Balaban J connectivity index is 1.90. The van der Waals surface area contributed by atoms with Gasteiger partial charge in [0.15, 0.2) is 17.5 Å². The van der Waals surface area contributed by atoms with E-state index >= 15 is 4.79 Å². The zero-order chi connectivity index (χ0) is 38.8. The Hall–Kier alpha value is -3.14. The van der Waals surface area contributed by atoms with E-state index in [-0.39, 0.29) is 41.7 Å². The number of aliphatic hydroxyl groups is 2. The van der Waals surface area contributed by atoms with E-state index in [1.54, 1.807) is 65.1 Å². The van der Waals surface area contributed by atoms with E-state index < -0.39 is 90.9 Å². The number of carbonyl (C=O) groups is 4. The Bertz CT molecular complexity index is 1600. The highest BCUT2D eigenvalue weighted by Gasteiger charge is 2.79. The number of carbonyl (C=O) groups excluding carboxylic acids is 4. The Morgan fingerprint density at radius 3 is 2.12 bits per heavy atom. The van der Waals surface area contributed by atoms with Crippen LogP contribution in [-0.4, -0.2) is 105 Å². The third-order valence-corrected chi connectivity index (χ3v) is 17.0. The molecule has 0 radical (unpaired) electrons. The van der Waals surface area contributed by atoms with Crippen LogP contribution in [0.2, 0.25) is 11.1 Å². The van der Waals surface area contributed by atoms with Gasteiger partial charge in [0.2, 0.25) is 0 Å². The van der Waals surface area contributed by atoms with Gasteiger partial charge in [-0.25, -0.2) is 9.59 Å². The zero-order valence-electron chi connectivity index (χ0n) is 32.0. The van der Waals surface area contributed by atoms with Crippen molar-refractivity contribution < 1.29 is 61.9 Å². The normalized spacial score (nSPS) is 35.4. The fraction of sp³-hybridized carbons (Fsp3) is 0.684. The molecule has 1 aromatic rings. The van der Waals surface area contributed by atoms with E-state index in [0.717, 1.165) is 7.11 Å². The molecule has 1 aliphatic heterocycles. The SMILES string of the molecule is COC(=O)O[C@@]12COC1C[C@H](O[Si](OC)(C(C)C)C(C)C)[C@@]1(C)C(=O)[C@H](OC(C)=O)C3=C(C)[C@@H](O)C[C@@](O)([C@@H](OC(=O)c4ccccc4)C21)C3(C)C. The number of Topliss-reactive ketones (excluding diaryl/α,β-unsaturated/α-hetero) is 1. The number of hydrogen-bond donors (Lipinski definition) is 2. The van der Waals surface area contributed by atoms with Crippen LogP contribution in [0.15, 0.2) is 41.5 Å². The highest BCUT2D eigenvalue weighted by Crippen LogP contribution is 2.65. The highest BCUT2D eigenvalue weighted by atomic mass is 28.4. The number of rotatable bonds is 9. The minimum absolute atomic E-state index is 0.0297. The first-order valence-electron chi connectivity index (χ1n) is 17.9. The van der Waals surface area contributed by atoms with Crippen molar-refractivity contribution in [1.82, 2.24) is 0 Å². The van der Waals surface area contributed by atoms with E-state index in [4.69, 9.17) is 32.5 Å². The molecule has 2 N–H and O–H groups in total. The summed E-state index contributed by atoms with van der Waals surface area (Å²) in [7, 11) is -0.490. The first-order chi connectivity index (χ1) is 24.2. The Labute approximate surface area is 306 Å². The number of ketones is 1. The van der Waals surface area contributed by atoms with E-state index in [1.807, 2.05) is 27.7 Å². The number of aliphatic hydroxyl groups excluding tert-OH is 1. The van der Waals surface area contributed by atoms with Crippen molar-refractivity contribution in [3.63, 3.8) is 0 Å². The Morgan fingerprint density at radius 1 is 1.00 bits per heavy atom. The topological polar surface area (TPSA) is 173 Å². The fourth-order valence-electron chi connectivity index (χ4n) is 9.67. The summed E-state index contributed by atoms with van der Waals surface area (Å²) in [5, 5.41) is 25.0. The van der Waals surface area contributed by atoms with Gasteiger partial charge in [0.25, 0.3) is 0 Å². The molecule has 0 aromatic heterocycles. The van der Waals surface area contributed by atoms with Gasteiger partial charge in [-0.15, -0.1) is 0 Å². The predicted octanol–water partition coefficient (Wildman–Crippen LogP) is 4.81. The predicted molar refractivity (Wildman–Crippen MR) is 188 cm³/mol. The summed E-state index contributed by atoms with van der Waals surface area (Å²) in [6.07, 6.45) is -7.93. The minimum Gasteiger partial charge on any atom is -0.455 e. The third kappa shape index (κ3) is 5.84. The highest BCUT2D eigenvalue weighted by molar-refractivity contribution is 6.70. The molecule has 1 aromatic carbocycles. The number of esters is 2. The van der Waals surface area contributed by atoms with Gasteiger partial charge in [0, 0.05) is 32.3 Å². The third-order valence-electron chi connectivity index (χ3n) is 12.5. The summed E-state index contributed by atoms with van der Waals surface area (Å²) in [5.74, 6) is -3.62. The molecule has 0 amide bonds. The molecule has 9 atom stereocenters. The maximum absolute atomic E-state index is 15.8. The van der Waals surface area contributed by atoms with E-state index in [1.165, 1.54) is 6.92 Å². The molecule has 2 bridgehead atoms. The molecule has 2 saturated carbocycles. The molecular formula is C38H54O13Si. The molecule has 3 fully saturated rings. The second kappa shape index (κ2) is 13.9. The van der Waals surface area contributed by atoms with Gasteiger partial charge in [-0.05, 0) is 48.2 Å². The van der Waals surface area contributed by atoms with Crippen molar-refractivity contribution in [2.45, 2.75) is 128 Å². The largest absolute Gasteiger partial charge is 0.508 e. The van der Waals surface area contributed by atoms with Crippen molar-refractivity contribution in [1.29, 1.82) is 0 Å². The van der Waals surface area contributed by atoms with Crippen molar-refractivity contribution in [2.24, 2.45) is 16.7 Å². The molecule has 52 heavy (non-hydrogen) atoms. The molecule has 1 heterocycles. The summed E-state index contributed by atoms with van der Waals surface area (Å²) >= 11 is 0. The smallest absolute Gasteiger partial charge is 0.455 e. The summed E-state index contributed by atoms with van der Waals surface area (Å²) in [4.78, 5) is 56.1. The van der Waals surface area contributed by atoms with Crippen LogP contribution >= 0.6 is 0 Å². The van der Waals surface area contributed by atoms with Crippen molar-refractivity contribution in [3.05, 3.63) is 47.0 Å². The summed E-state index contributed by atoms with van der Waals surface area (Å²) in [5.41, 5.74) is -6.69. The minimum atomic E-state index is -3.22. The second-order valence-electron chi connectivity index (χ2n) is 16.1. The van der Waals surface area contributed by atoms with Gasteiger partial charge < -0.3 is 42.7 Å². The number of ether oxygens (including phenoxy) is 5. The fourth-order valence-corrected chi connectivity index (χ4v) is 13.4. The van der Waals surface area contributed by atoms with E-state index in [9.17, 15) is 24.6 Å². The first-order valence-corrected chi connectivity index (χ1v) is 19.9. The van der Waals surface area contributed by atoms with Crippen LogP contribution < -0.4 is 0 Å². The lowest BCUT2D eigenvalue weighted by atomic mass is 9.44. The van der Waals surface area contributed by atoms with Crippen molar-refractivity contribution in [3.8, 4) is 0 Å². The average molecular weight is 747 g/mol. The second-order valence-corrected chi connectivity index (χ2v) is 20.5. The molecule has 13 nitrogen and oxygen atoms in total. The van der Waals surface area contributed by atoms with Crippen molar-refractivity contribution in [2.75, 3.05) is 20.8 Å². The molecular weight excluding hydrogens is 692 g/mol. The molecule has 1 saturated heterocycles. The standard InChI is InChI=1S/C38H54O13Si/c1-20(2)52(46-11,21(3)4)51-26-17-27-37(19-47-27,50-34(43)45-10)30-32(49-33(42)24-15-13-12-14-16-24)38(44)18-25(40)22(5)28(35(38,7)8)29(48-23(6)39)31(41)36(26,30)9/h12-16,20-21,25-27,29-30,32,40,44H,17-19H2,1-11H3/t25-,26-,27?,29+,30?,32-,36+,37-,38+/m0/s1. The average Bonchev–Trinajstić information content (AvgIpc) is 3.07. The molecule has 4 aliphatic rings. The zero-order valence-corrected chi connectivity index (χ0v) is 33.0. The van der Waals surface area contributed by atoms with Crippen molar-refractivity contribution >= 4 is 32.4 Å². The summed E-state index contributed by atoms with van der Waals surface area (Å²) < 4.78 is 43.1. The lowest BCUT2D eigenvalue weighted by molar-refractivity contribution is -0.343. The lowest BCUT2D eigenvalue weighted by Gasteiger charge is -2.68. The number of fused-ring (bicyclic) bond motifs is 5. The van der Waals surface area contributed by atoms with Gasteiger partial charge in [-0.1, -0.05) is 59.7 Å². The van der Waals surface area contributed by atoms with Crippen LogP contribution in [0.25, 0.3) is 0 Å². The number of methoxy groups -OCH3 is 1. The van der Waals surface area contributed by atoms with Gasteiger partial charge in [0.05, 0.1) is 42.8 Å². The molecule has 0 spiro atoms. The van der Waals surface area contributed by atoms with E-state index in [2.05, 4.69) is 0 Å². The number of benzene rings is 1. The monoisotopic (exact) mass is 746 g/mol. The molecule has 2 unspecified atom stereocenters. The van der Waals surface area contributed by atoms with Gasteiger partial charge in [-0.2, -0.15) is 0 Å². The first kappa shape index (κ1) is 40.1. The lowest BCUT2D eigenvalue weighted by Crippen LogP contribution is -2.82. The Kier molecular flexibility index (Phi) is 10.7. The van der Waals surface area contributed by atoms with Crippen LogP contribution in [0.5, 0.6) is 0 Å². The van der Waals surface area contributed by atoms with Crippen LogP contribution in [-0.2, 0) is 42.1 Å². The van der Waals surface area contributed by atoms with Crippen LogP contribution in [0, 0.1) is 16.7 Å².